The third-order valence-electron chi connectivity index (χ3n) is 4.08. The third kappa shape index (κ3) is 3.06. The molecule has 1 aliphatic heterocycles. The van der Waals surface area contributed by atoms with Gasteiger partial charge in [-0.05, 0) is 25.7 Å². The molecule has 6 heteroatoms. The van der Waals surface area contributed by atoms with Crippen molar-refractivity contribution in [3.05, 3.63) is 5.82 Å². The van der Waals surface area contributed by atoms with Gasteiger partial charge in [0.25, 0.3) is 0 Å². The van der Waals surface area contributed by atoms with Gasteiger partial charge in [-0.3, -0.25) is 5.10 Å². The van der Waals surface area contributed by atoms with Crippen LogP contribution in [0.2, 0.25) is 0 Å². The zero-order chi connectivity index (χ0) is 14.0. The van der Waals surface area contributed by atoms with Gasteiger partial charge in [-0.15, -0.1) is 5.10 Å². The summed E-state index contributed by atoms with van der Waals surface area (Å²) in [5.74, 6) is 2.07. The van der Waals surface area contributed by atoms with Crippen molar-refractivity contribution in [3.63, 3.8) is 0 Å². The molecule has 0 amide bonds. The Morgan fingerprint density at radius 1 is 1.47 bits per heavy atom. The molecule has 0 bridgehead atoms. The summed E-state index contributed by atoms with van der Waals surface area (Å²) in [6, 6.07) is 0.262. The van der Waals surface area contributed by atoms with Crippen molar-refractivity contribution in [2.24, 2.45) is 11.7 Å². The molecule has 1 unspecified atom stereocenters. The number of piperidine rings is 1. The Bertz CT molecular complexity index is 407. The van der Waals surface area contributed by atoms with E-state index in [1.165, 1.54) is 0 Å². The second kappa shape index (κ2) is 5.46. The lowest BCUT2D eigenvalue weighted by Crippen LogP contribution is -2.40. The molecule has 19 heavy (non-hydrogen) atoms. The first-order chi connectivity index (χ1) is 8.94. The maximum atomic E-state index is 9.35. The monoisotopic (exact) mass is 267 g/mol. The van der Waals surface area contributed by atoms with E-state index in [-0.39, 0.29) is 18.1 Å². The number of anilines is 1. The fourth-order valence-corrected chi connectivity index (χ4v) is 2.40. The average molecular weight is 267 g/mol. The zero-order valence-electron chi connectivity index (χ0n) is 12.1. The molecule has 2 heterocycles. The van der Waals surface area contributed by atoms with Crippen molar-refractivity contribution >= 4 is 5.95 Å². The summed E-state index contributed by atoms with van der Waals surface area (Å²) in [7, 11) is 0. The summed E-state index contributed by atoms with van der Waals surface area (Å²) in [6.45, 7) is 7.91. The van der Waals surface area contributed by atoms with Crippen LogP contribution in [-0.4, -0.2) is 46.0 Å². The van der Waals surface area contributed by atoms with Crippen LogP contribution in [0.3, 0.4) is 0 Å². The molecular weight excluding hydrogens is 242 g/mol. The van der Waals surface area contributed by atoms with Crippen LogP contribution < -0.4 is 10.6 Å². The Morgan fingerprint density at radius 2 is 2.11 bits per heavy atom. The summed E-state index contributed by atoms with van der Waals surface area (Å²) in [5.41, 5.74) is 5.57. The van der Waals surface area contributed by atoms with Gasteiger partial charge >= 0.3 is 0 Å². The van der Waals surface area contributed by atoms with Gasteiger partial charge in [-0.25, -0.2) is 0 Å². The van der Waals surface area contributed by atoms with Gasteiger partial charge in [-0.2, -0.15) is 4.98 Å². The molecule has 0 saturated carbocycles. The van der Waals surface area contributed by atoms with Gasteiger partial charge < -0.3 is 15.7 Å². The van der Waals surface area contributed by atoms with Gasteiger partial charge in [-0.1, -0.05) is 13.8 Å². The topological polar surface area (TPSA) is 91.1 Å². The molecule has 0 radical (unpaired) electrons. The number of hydrogen-bond acceptors (Lipinski definition) is 5. The van der Waals surface area contributed by atoms with Gasteiger partial charge in [0.2, 0.25) is 5.95 Å². The maximum Gasteiger partial charge on any atom is 0.244 e. The Kier molecular flexibility index (Phi) is 4.10. The average Bonchev–Trinajstić information content (AvgIpc) is 2.89. The van der Waals surface area contributed by atoms with Crippen molar-refractivity contribution in [3.8, 4) is 0 Å². The second-order valence-electron chi connectivity index (χ2n) is 6.21. The van der Waals surface area contributed by atoms with Crippen molar-refractivity contribution in [2.75, 3.05) is 24.6 Å². The van der Waals surface area contributed by atoms with Crippen LogP contribution in [0.25, 0.3) is 0 Å². The highest BCUT2D eigenvalue weighted by Crippen LogP contribution is 2.24. The molecule has 0 aromatic carbocycles. The number of aromatic amines is 1. The fraction of sp³-hybridized carbons (Fsp3) is 0.846. The first-order valence-electron chi connectivity index (χ1n) is 6.98. The minimum atomic E-state index is -0.380. The first-order valence-corrected chi connectivity index (χ1v) is 6.98. The predicted octanol–water partition coefficient (Wildman–Crippen LogP) is 0.638. The van der Waals surface area contributed by atoms with Crippen molar-refractivity contribution in [2.45, 2.75) is 45.1 Å². The molecule has 1 fully saturated rings. The lowest BCUT2D eigenvalue weighted by Gasteiger charge is -2.33. The molecule has 1 saturated heterocycles. The number of hydrogen-bond donors (Lipinski definition) is 3. The second-order valence-corrected chi connectivity index (χ2v) is 6.21. The predicted molar refractivity (Wildman–Crippen MR) is 75.1 cm³/mol. The smallest absolute Gasteiger partial charge is 0.244 e. The first kappa shape index (κ1) is 14.3. The van der Waals surface area contributed by atoms with Crippen molar-refractivity contribution in [1.29, 1.82) is 0 Å². The van der Waals surface area contributed by atoms with Gasteiger partial charge in [0, 0.05) is 24.5 Å². The van der Waals surface area contributed by atoms with E-state index >= 15 is 0 Å². The molecular formula is C13H25N5O. The van der Waals surface area contributed by atoms with Crippen LogP contribution in [0.4, 0.5) is 5.95 Å². The van der Waals surface area contributed by atoms with Crippen molar-refractivity contribution < 1.29 is 5.11 Å². The number of aliphatic hydroxyl groups is 1. The molecule has 0 aliphatic carbocycles. The lowest BCUT2D eigenvalue weighted by atomic mass is 9.91. The van der Waals surface area contributed by atoms with Crippen LogP contribution in [-0.2, 0) is 5.41 Å². The van der Waals surface area contributed by atoms with Crippen LogP contribution >= 0.6 is 0 Å². The SMILES string of the molecule is CC(N)C1CCN(c2n[nH]c(C(C)(C)CO)n2)CC1. The van der Waals surface area contributed by atoms with Gasteiger partial charge in [0.15, 0.2) is 0 Å². The minimum absolute atomic E-state index is 0.0500. The number of aliphatic hydroxyl groups excluding tert-OH is 1. The Labute approximate surface area is 114 Å². The van der Waals surface area contributed by atoms with E-state index in [1.807, 2.05) is 13.8 Å². The van der Waals surface area contributed by atoms with E-state index in [1.54, 1.807) is 0 Å². The fourth-order valence-electron chi connectivity index (χ4n) is 2.40. The minimum Gasteiger partial charge on any atom is -0.395 e. The summed E-state index contributed by atoms with van der Waals surface area (Å²) in [6.07, 6.45) is 2.18. The Morgan fingerprint density at radius 3 is 2.63 bits per heavy atom. The van der Waals surface area contributed by atoms with E-state index in [0.29, 0.717) is 5.92 Å². The standard InChI is InChI=1S/C13H25N5O/c1-9(14)10-4-6-18(7-5-10)12-15-11(16-17-12)13(2,3)8-19/h9-10,19H,4-8,14H2,1-3H3,(H,15,16,17). The van der Waals surface area contributed by atoms with Crippen LogP contribution in [0.5, 0.6) is 0 Å². The zero-order valence-corrected chi connectivity index (χ0v) is 12.1. The summed E-state index contributed by atoms with van der Waals surface area (Å²) >= 11 is 0. The lowest BCUT2D eigenvalue weighted by molar-refractivity contribution is 0.212. The molecule has 2 rings (SSSR count). The number of nitrogens with two attached hydrogens (primary N) is 1. The molecule has 4 N–H and O–H groups in total. The molecule has 6 nitrogen and oxygen atoms in total. The Balaban J connectivity index is 2.01. The van der Waals surface area contributed by atoms with E-state index in [0.717, 1.165) is 37.7 Å². The van der Waals surface area contributed by atoms with E-state index in [9.17, 15) is 5.11 Å². The highest BCUT2D eigenvalue weighted by atomic mass is 16.3. The summed E-state index contributed by atoms with van der Waals surface area (Å²) in [5, 5.41) is 16.6. The van der Waals surface area contributed by atoms with Crippen molar-refractivity contribution in [1.82, 2.24) is 15.2 Å². The number of rotatable bonds is 4. The van der Waals surface area contributed by atoms with E-state index < -0.39 is 0 Å². The molecule has 1 aliphatic rings. The number of aromatic nitrogens is 3. The normalized spacial score (nSPS) is 19.7. The highest BCUT2D eigenvalue weighted by Gasteiger charge is 2.27. The number of H-pyrrole nitrogens is 1. The van der Waals surface area contributed by atoms with E-state index in [2.05, 4.69) is 27.0 Å². The number of nitrogens with one attached hydrogen (secondary N) is 1. The molecule has 108 valence electrons. The molecule has 1 aromatic rings. The van der Waals surface area contributed by atoms with Crippen LogP contribution in [0.1, 0.15) is 39.4 Å². The maximum absolute atomic E-state index is 9.35. The molecule has 0 spiro atoms. The number of nitrogens with zero attached hydrogens (tertiary/aromatic N) is 3. The van der Waals surface area contributed by atoms with E-state index in [4.69, 9.17) is 5.73 Å². The Hall–Kier alpha value is -1.14. The third-order valence-corrected chi connectivity index (χ3v) is 4.08. The van der Waals surface area contributed by atoms with Crippen LogP contribution in [0.15, 0.2) is 0 Å². The van der Waals surface area contributed by atoms with Crippen LogP contribution in [0, 0.1) is 5.92 Å². The quantitative estimate of drug-likeness (QED) is 0.744. The van der Waals surface area contributed by atoms with Gasteiger partial charge in [0.05, 0.1) is 6.61 Å². The summed E-state index contributed by atoms with van der Waals surface area (Å²) < 4.78 is 0. The molecule has 1 aromatic heterocycles. The van der Waals surface area contributed by atoms with Gasteiger partial charge in [0.1, 0.15) is 5.82 Å². The summed E-state index contributed by atoms with van der Waals surface area (Å²) in [4.78, 5) is 6.70. The molecule has 1 atom stereocenters. The largest absolute Gasteiger partial charge is 0.395 e. The highest BCUT2D eigenvalue weighted by molar-refractivity contribution is 5.30.